The summed E-state index contributed by atoms with van der Waals surface area (Å²) >= 11 is 0. The molecule has 0 radical (unpaired) electrons. The molecule has 1 amide bonds. The van der Waals surface area contributed by atoms with Gasteiger partial charge in [0.2, 0.25) is 0 Å². The first-order valence-corrected chi connectivity index (χ1v) is 5.85. The van der Waals surface area contributed by atoms with E-state index in [4.69, 9.17) is 0 Å². The molecule has 90 valence electrons. The van der Waals surface area contributed by atoms with Gasteiger partial charge in [0.1, 0.15) is 0 Å². The van der Waals surface area contributed by atoms with E-state index in [9.17, 15) is 10.0 Å². The molecule has 1 heterocycles. The second-order valence-corrected chi connectivity index (χ2v) is 4.89. The van der Waals surface area contributed by atoms with Gasteiger partial charge < -0.3 is 0 Å². The molecule has 0 aromatic heterocycles. The molecule has 0 aliphatic carbocycles. The van der Waals surface area contributed by atoms with Crippen molar-refractivity contribution in [2.45, 2.75) is 27.2 Å². The number of rotatable bonds is 2. The Hall–Kier alpha value is -1.61. The standard InChI is InChI=1S/C14H17NO2/c1-9(2)8-10(3)13-11-6-4-5-7-12(11)14(16)15(13)17/h4-7,9,17H,8H2,1-3H3/b13-10+. The van der Waals surface area contributed by atoms with Crippen LogP contribution in [0.4, 0.5) is 0 Å². The number of allylic oxidation sites excluding steroid dienone is 1. The highest BCUT2D eigenvalue weighted by Gasteiger charge is 2.32. The fourth-order valence-corrected chi connectivity index (χ4v) is 2.33. The molecule has 17 heavy (non-hydrogen) atoms. The van der Waals surface area contributed by atoms with Crippen molar-refractivity contribution in [1.82, 2.24) is 5.06 Å². The number of carbonyl (C=O) groups excluding carboxylic acids is 1. The van der Waals surface area contributed by atoms with Crippen LogP contribution >= 0.6 is 0 Å². The molecule has 0 spiro atoms. The molecule has 3 heteroatoms. The lowest BCUT2D eigenvalue weighted by molar-refractivity contribution is -0.00778. The molecule has 1 aliphatic heterocycles. The molecule has 0 unspecified atom stereocenters. The second kappa shape index (κ2) is 4.34. The van der Waals surface area contributed by atoms with Gasteiger partial charge in [-0.3, -0.25) is 10.0 Å². The maximum Gasteiger partial charge on any atom is 0.282 e. The minimum atomic E-state index is -0.335. The van der Waals surface area contributed by atoms with Crippen LogP contribution in [0.2, 0.25) is 0 Å². The average Bonchev–Trinajstić information content (AvgIpc) is 2.51. The van der Waals surface area contributed by atoms with Gasteiger partial charge in [-0.15, -0.1) is 0 Å². The Kier molecular flexibility index (Phi) is 3.03. The molecular formula is C14H17NO2. The molecule has 0 bridgehead atoms. The summed E-state index contributed by atoms with van der Waals surface area (Å²) in [7, 11) is 0. The summed E-state index contributed by atoms with van der Waals surface area (Å²) < 4.78 is 0. The number of hydroxylamine groups is 2. The van der Waals surface area contributed by atoms with Crippen molar-refractivity contribution in [1.29, 1.82) is 0 Å². The second-order valence-electron chi connectivity index (χ2n) is 4.89. The Morgan fingerprint density at radius 1 is 1.29 bits per heavy atom. The number of hydrogen-bond donors (Lipinski definition) is 1. The van der Waals surface area contributed by atoms with E-state index in [-0.39, 0.29) is 5.91 Å². The summed E-state index contributed by atoms with van der Waals surface area (Å²) in [6.07, 6.45) is 0.869. The minimum absolute atomic E-state index is 0.335. The monoisotopic (exact) mass is 231 g/mol. The maximum atomic E-state index is 11.8. The molecule has 0 fully saturated rings. The Labute approximate surface area is 101 Å². The van der Waals surface area contributed by atoms with E-state index in [0.29, 0.717) is 17.2 Å². The van der Waals surface area contributed by atoms with Gasteiger partial charge in [0, 0.05) is 5.56 Å². The fourth-order valence-electron chi connectivity index (χ4n) is 2.33. The highest BCUT2D eigenvalue weighted by molar-refractivity contribution is 6.08. The Morgan fingerprint density at radius 2 is 1.88 bits per heavy atom. The quantitative estimate of drug-likeness (QED) is 0.793. The van der Waals surface area contributed by atoms with Crippen molar-refractivity contribution < 1.29 is 10.0 Å². The van der Waals surface area contributed by atoms with Gasteiger partial charge in [-0.1, -0.05) is 32.0 Å². The third-order valence-electron chi connectivity index (χ3n) is 2.94. The fraction of sp³-hybridized carbons (Fsp3) is 0.357. The zero-order valence-corrected chi connectivity index (χ0v) is 10.4. The third-order valence-corrected chi connectivity index (χ3v) is 2.94. The van der Waals surface area contributed by atoms with E-state index in [2.05, 4.69) is 13.8 Å². The number of fused-ring (bicyclic) bond motifs is 1. The Balaban J connectivity index is 2.53. The van der Waals surface area contributed by atoms with Gasteiger partial charge in [0.05, 0.1) is 11.3 Å². The van der Waals surface area contributed by atoms with Crippen LogP contribution in [0, 0.1) is 5.92 Å². The third kappa shape index (κ3) is 1.98. The van der Waals surface area contributed by atoms with Crippen LogP contribution in [0.1, 0.15) is 43.1 Å². The predicted molar refractivity (Wildman–Crippen MR) is 66.4 cm³/mol. The van der Waals surface area contributed by atoms with Crippen molar-refractivity contribution in [3.8, 4) is 0 Å². The lowest BCUT2D eigenvalue weighted by atomic mass is 9.99. The molecule has 2 rings (SSSR count). The van der Waals surface area contributed by atoms with E-state index in [1.54, 1.807) is 6.07 Å². The highest BCUT2D eigenvalue weighted by atomic mass is 16.5. The van der Waals surface area contributed by atoms with Crippen molar-refractivity contribution in [3.05, 3.63) is 41.0 Å². The Morgan fingerprint density at radius 3 is 2.47 bits per heavy atom. The van der Waals surface area contributed by atoms with E-state index < -0.39 is 0 Å². The first kappa shape index (κ1) is 11.9. The minimum Gasteiger partial charge on any atom is -0.281 e. The van der Waals surface area contributed by atoms with Gasteiger partial charge in [0.15, 0.2) is 0 Å². The molecule has 1 aromatic rings. The summed E-state index contributed by atoms with van der Waals surface area (Å²) in [6, 6.07) is 7.32. The van der Waals surface area contributed by atoms with Crippen LogP contribution in [-0.4, -0.2) is 16.2 Å². The summed E-state index contributed by atoms with van der Waals surface area (Å²) in [5, 5.41) is 10.7. The van der Waals surface area contributed by atoms with Crippen LogP contribution in [0.15, 0.2) is 29.8 Å². The summed E-state index contributed by atoms with van der Waals surface area (Å²) in [5.41, 5.74) is 3.10. The summed E-state index contributed by atoms with van der Waals surface area (Å²) in [4.78, 5) is 11.8. The largest absolute Gasteiger partial charge is 0.282 e. The van der Waals surface area contributed by atoms with Crippen molar-refractivity contribution >= 4 is 11.6 Å². The topological polar surface area (TPSA) is 40.5 Å². The zero-order valence-electron chi connectivity index (χ0n) is 10.4. The number of nitrogens with zero attached hydrogens (tertiary/aromatic N) is 1. The van der Waals surface area contributed by atoms with E-state index in [1.165, 1.54) is 0 Å². The van der Waals surface area contributed by atoms with Gasteiger partial charge in [0.25, 0.3) is 5.91 Å². The normalized spacial score (nSPS) is 17.7. The van der Waals surface area contributed by atoms with Crippen LogP contribution in [0.25, 0.3) is 5.70 Å². The highest BCUT2D eigenvalue weighted by Crippen LogP contribution is 2.34. The smallest absolute Gasteiger partial charge is 0.281 e. The van der Waals surface area contributed by atoms with Crippen LogP contribution < -0.4 is 0 Å². The van der Waals surface area contributed by atoms with Gasteiger partial charge in [-0.2, -0.15) is 5.06 Å². The number of hydrogen-bond acceptors (Lipinski definition) is 2. The molecule has 1 aromatic carbocycles. The van der Waals surface area contributed by atoms with Gasteiger partial charge in [-0.05, 0) is 30.9 Å². The van der Waals surface area contributed by atoms with Gasteiger partial charge >= 0.3 is 0 Å². The molecule has 3 nitrogen and oxygen atoms in total. The predicted octanol–water partition coefficient (Wildman–Crippen LogP) is 3.31. The summed E-state index contributed by atoms with van der Waals surface area (Å²) in [6.45, 7) is 6.21. The Bertz CT molecular complexity index is 489. The SMILES string of the molecule is C/C(CC(C)C)=C1/c2ccccc2C(=O)N1O. The first-order valence-electron chi connectivity index (χ1n) is 5.85. The number of benzene rings is 1. The van der Waals surface area contributed by atoms with E-state index in [0.717, 1.165) is 22.6 Å². The van der Waals surface area contributed by atoms with Crippen molar-refractivity contribution in [2.24, 2.45) is 5.92 Å². The van der Waals surface area contributed by atoms with Crippen LogP contribution in [0.3, 0.4) is 0 Å². The van der Waals surface area contributed by atoms with Crippen molar-refractivity contribution in [3.63, 3.8) is 0 Å². The van der Waals surface area contributed by atoms with E-state index >= 15 is 0 Å². The first-order chi connectivity index (χ1) is 8.02. The molecule has 0 atom stereocenters. The average molecular weight is 231 g/mol. The molecule has 0 saturated carbocycles. The van der Waals surface area contributed by atoms with E-state index in [1.807, 2.05) is 25.1 Å². The molecule has 1 aliphatic rings. The van der Waals surface area contributed by atoms with Crippen LogP contribution in [0.5, 0.6) is 0 Å². The maximum absolute atomic E-state index is 11.8. The number of amides is 1. The lowest BCUT2D eigenvalue weighted by Crippen LogP contribution is -2.19. The van der Waals surface area contributed by atoms with Crippen LogP contribution in [-0.2, 0) is 0 Å². The summed E-state index contributed by atoms with van der Waals surface area (Å²) in [5.74, 6) is 0.164. The molecular weight excluding hydrogens is 214 g/mol. The van der Waals surface area contributed by atoms with Crippen molar-refractivity contribution in [2.75, 3.05) is 0 Å². The van der Waals surface area contributed by atoms with Gasteiger partial charge in [-0.25, -0.2) is 0 Å². The molecule has 1 N–H and O–H groups in total. The number of carbonyl (C=O) groups is 1. The zero-order chi connectivity index (χ0) is 12.6. The lowest BCUT2D eigenvalue weighted by Gasteiger charge is -2.14. The molecule has 0 saturated heterocycles.